The van der Waals surface area contributed by atoms with E-state index in [-0.39, 0.29) is 11.7 Å². The Labute approximate surface area is 267 Å². The topological polar surface area (TPSA) is 68.3 Å². The van der Waals surface area contributed by atoms with E-state index >= 15 is 0 Å². The molecule has 0 N–H and O–H groups in total. The summed E-state index contributed by atoms with van der Waals surface area (Å²) >= 11 is 1.53. The van der Waals surface area contributed by atoms with Crippen molar-refractivity contribution in [2.45, 2.75) is 66.3 Å². The van der Waals surface area contributed by atoms with Crippen LogP contribution in [0.4, 0.5) is 0 Å². The molecule has 0 atom stereocenters. The molecule has 4 rings (SSSR count). The van der Waals surface area contributed by atoms with Gasteiger partial charge in [-0.05, 0) is 72.7 Å². The van der Waals surface area contributed by atoms with Crippen molar-refractivity contribution in [3.05, 3.63) is 74.5 Å². The predicted octanol–water partition coefficient (Wildman–Crippen LogP) is 6.90. The van der Waals surface area contributed by atoms with E-state index in [0.717, 1.165) is 48.4 Å². The highest BCUT2D eigenvalue weighted by molar-refractivity contribution is 7.12. The molecule has 2 aromatic carbocycles. The van der Waals surface area contributed by atoms with Crippen molar-refractivity contribution in [2.24, 2.45) is 5.41 Å². The summed E-state index contributed by atoms with van der Waals surface area (Å²) in [4.78, 5) is 31.9. The summed E-state index contributed by atoms with van der Waals surface area (Å²) in [5.41, 5.74) is 5.72. The maximum atomic E-state index is 13.4. The first-order valence-electron chi connectivity index (χ1n) is 15.5. The summed E-state index contributed by atoms with van der Waals surface area (Å²) in [5.74, 6) is 2.16. The van der Waals surface area contributed by atoms with Crippen LogP contribution in [-0.2, 0) is 24.2 Å². The number of Topliss-reactive ketones (excluding diaryl/α,β-unsaturated/α-hetero) is 1. The molecule has 0 bridgehead atoms. The number of carbonyl (C=O) groups excluding carboxylic acids is 2. The number of ketones is 1. The van der Waals surface area contributed by atoms with E-state index in [1.807, 2.05) is 36.3 Å². The monoisotopic (exact) mass is 620 g/mol. The van der Waals surface area contributed by atoms with Gasteiger partial charge in [0.15, 0.2) is 17.3 Å². The molecule has 0 aliphatic carbocycles. The van der Waals surface area contributed by atoms with E-state index < -0.39 is 5.41 Å². The van der Waals surface area contributed by atoms with Gasteiger partial charge in [0, 0.05) is 51.1 Å². The van der Waals surface area contributed by atoms with Gasteiger partial charge in [0.05, 0.1) is 26.2 Å². The van der Waals surface area contributed by atoms with Crippen LogP contribution in [-0.4, -0.2) is 69.0 Å². The Kier molecular flexibility index (Phi) is 11.5. The maximum absolute atomic E-state index is 13.4. The molecule has 1 amide bonds. The lowest BCUT2D eigenvalue weighted by molar-refractivity contribution is -0.135. The molecule has 8 heteroatoms. The first-order valence-corrected chi connectivity index (χ1v) is 16.4. The minimum Gasteiger partial charge on any atom is -0.493 e. The minimum absolute atomic E-state index is 0.117. The fourth-order valence-corrected chi connectivity index (χ4v) is 7.05. The Morgan fingerprint density at radius 2 is 1.50 bits per heavy atom. The number of methoxy groups -OCH3 is 3. The molecule has 0 saturated carbocycles. The summed E-state index contributed by atoms with van der Waals surface area (Å²) in [6.45, 7) is 11.9. The summed E-state index contributed by atoms with van der Waals surface area (Å²) in [6.07, 6.45) is 3.62. The number of benzene rings is 2. The summed E-state index contributed by atoms with van der Waals surface area (Å²) in [5, 5.41) is 2.02. The Morgan fingerprint density at radius 1 is 0.818 bits per heavy atom. The highest BCUT2D eigenvalue weighted by atomic mass is 32.1. The van der Waals surface area contributed by atoms with Crippen LogP contribution < -0.4 is 14.2 Å². The van der Waals surface area contributed by atoms with Crippen molar-refractivity contribution in [3.8, 4) is 17.2 Å². The Balaban J connectivity index is 1.27. The van der Waals surface area contributed by atoms with E-state index in [9.17, 15) is 9.59 Å². The van der Waals surface area contributed by atoms with Crippen molar-refractivity contribution >= 4 is 23.0 Å². The Morgan fingerprint density at radius 3 is 2.16 bits per heavy atom. The standard InChI is InChI=1S/C36H48N2O5S/c1-25-11-12-27(26(2)21-25)9-8-10-28-15-20-44-35(28)30(39)22-36(3,4)23-32(40)38-18-16-37(17-19-38)24-29-13-14-31(41-5)34(43-7)33(29)42-6/h11-15,20-21H,8-10,16-19,22-24H2,1-7H3. The molecule has 7 nitrogen and oxygen atoms in total. The molecule has 238 valence electrons. The normalized spacial score (nSPS) is 14.0. The van der Waals surface area contributed by atoms with Gasteiger partial charge in [-0.3, -0.25) is 14.5 Å². The highest BCUT2D eigenvalue weighted by Crippen LogP contribution is 2.40. The van der Waals surface area contributed by atoms with Crippen LogP contribution in [0, 0.1) is 19.3 Å². The van der Waals surface area contributed by atoms with Crippen LogP contribution in [0.25, 0.3) is 0 Å². The zero-order valence-corrected chi connectivity index (χ0v) is 28.3. The molecule has 44 heavy (non-hydrogen) atoms. The van der Waals surface area contributed by atoms with Crippen LogP contribution in [0.5, 0.6) is 17.2 Å². The second-order valence-corrected chi connectivity index (χ2v) is 13.6. The third kappa shape index (κ3) is 8.42. The Bertz CT molecular complexity index is 1440. The van der Waals surface area contributed by atoms with E-state index in [1.54, 1.807) is 21.3 Å². The fourth-order valence-electron chi connectivity index (χ4n) is 6.16. The molecule has 1 aliphatic heterocycles. The number of rotatable bonds is 14. The third-order valence-corrected chi connectivity index (χ3v) is 9.56. The quantitative estimate of drug-likeness (QED) is 0.183. The minimum atomic E-state index is -0.418. The molecule has 0 radical (unpaired) electrons. The molecule has 0 spiro atoms. The van der Waals surface area contributed by atoms with Crippen molar-refractivity contribution in [1.82, 2.24) is 9.80 Å². The predicted molar refractivity (Wildman–Crippen MR) is 178 cm³/mol. The first kappa shape index (κ1) is 33.5. The molecule has 1 aliphatic rings. The number of aryl methyl sites for hydroxylation is 4. The number of amides is 1. The summed E-state index contributed by atoms with van der Waals surface area (Å²) in [6, 6.07) is 12.6. The lowest BCUT2D eigenvalue weighted by Gasteiger charge is -2.36. The zero-order chi connectivity index (χ0) is 31.9. The third-order valence-electron chi connectivity index (χ3n) is 8.56. The lowest BCUT2D eigenvalue weighted by atomic mass is 9.82. The summed E-state index contributed by atoms with van der Waals surface area (Å²) < 4.78 is 16.6. The molecule has 1 aromatic heterocycles. The maximum Gasteiger partial charge on any atom is 0.223 e. The van der Waals surface area contributed by atoms with Crippen LogP contribution >= 0.6 is 11.3 Å². The van der Waals surface area contributed by atoms with Crippen molar-refractivity contribution in [3.63, 3.8) is 0 Å². The number of ether oxygens (including phenoxy) is 3. The van der Waals surface area contributed by atoms with Gasteiger partial charge in [0.2, 0.25) is 11.7 Å². The van der Waals surface area contributed by atoms with Crippen molar-refractivity contribution in [2.75, 3.05) is 47.5 Å². The van der Waals surface area contributed by atoms with Gasteiger partial charge >= 0.3 is 0 Å². The largest absolute Gasteiger partial charge is 0.493 e. The zero-order valence-electron chi connectivity index (χ0n) is 27.5. The van der Waals surface area contributed by atoms with Crippen molar-refractivity contribution < 1.29 is 23.8 Å². The number of piperazine rings is 1. The van der Waals surface area contributed by atoms with Crippen LogP contribution in [0.1, 0.15) is 70.6 Å². The molecule has 1 fully saturated rings. The van der Waals surface area contributed by atoms with E-state index in [4.69, 9.17) is 14.2 Å². The van der Waals surface area contributed by atoms with Gasteiger partial charge in [0.1, 0.15) is 0 Å². The number of thiophene rings is 1. The van der Waals surface area contributed by atoms with Gasteiger partial charge in [-0.15, -0.1) is 11.3 Å². The number of hydrogen-bond acceptors (Lipinski definition) is 7. The molecular formula is C36H48N2O5S. The summed E-state index contributed by atoms with van der Waals surface area (Å²) in [7, 11) is 4.85. The van der Waals surface area contributed by atoms with Crippen molar-refractivity contribution in [1.29, 1.82) is 0 Å². The van der Waals surface area contributed by atoms with E-state index in [1.165, 1.54) is 28.0 Å². The highest BCUT2D eigenvalue weighted by Gasteiger charge is 2.31. The number of nitrogens with zero attached hydrogens (tertiary/aromatic N) is 2. The van der Waals surface area contributed by atoms with Gasteiger partial charge in [-0.25, -0.2) is 0 Å². The number of carbonyl (C=O) groups is 2. The average molecular weight is 621 g/mol. The molecular weight excluding hydrogens is 572 g/mol. The average Bonchev–Trinajstić information content (AvgIpc) is 3.46. The number of hydrogen-bond donors (Lipinski definition) is 0. The second kappa shape index (κ2) is 15.1. The smallest absolute Gasteiger partial charge is 0.223 e. The van der Waals surface area contributed by atoms with Crippen LogP contribution in [0.2, 0.25) is 0 Å². The van der Waals surface area contributed by atoms with Gasteiger partial charge < -0.3 is 19.1 Å². The fraction of sp³-hybridized carbons (Fsp3) is 0.500. The van der Waals surface area contributed by atoms with E-state index in [0.29, 0.717) is 49.7 Å². The lowest BCUT2D eigenvalue weighted by Crippen LogP contribution is -2.49. The van der Waals surface area contributed by atoms with Gasteiger partial charge in [-0.1, -0.05) is 43.7 Å². The van der Waals surface area contributed by atoms with Gasteiger partial charge in [-0.2, -0.15) is 0 Å². The SMILES string of the molecule is COc1ccc(CN2CCN(C(=O)CC(C)(C)CC(=O)c3sccc3CCCc3ccc(C)cc3C)CC2)c(OC)c1OC. The Hall–Kier alpha value is -3.36. The molecule has 3 aromatic rings. The first-order chi connectivity index (χ1) is 21.0. The van der Waals surface area contributed by atoms with Crippen LogP contribution in [0.15, 0.2) is 41.8 Å². The van der Waals surface area contributed by atoms with E-state index in [2.05, 4.69) is 43.0 Å². The molecule has 0 unspecified atom stereocenters. The van der Waals surface area contributed by atoms with Crippen LogP contribution in [0.3, 0.4) is 0 Å². The van der Waals surface area contributed by atoms with Gasteiger partial charge in [0.25, 0.3) is 0 Å². The molecule has 1 saturated heterocycles. The second-order valence-electron chi connectivity index (χ2n) is 12.6. The molecule has 2 heterocycles.